The Balaban J connectivity index is 0.00000256. The molecule has 0 saturated heterocycles. The molecule has 6 nitrogen and oxygen atoms in total. The number of nitrogens with zero attached hydrogens (tertiary/aromatic N) is 3. The molecule has 10 heteroatoms. The highest BCUT2D eigenvalue weighted by Crippen LogP contribution is 2.39. The van der Waals surface area contributed by atoms with Crippen LogP contribution in [0.4, 0.5) is 5.13 Å². The lowest BCUT2D eigenvalue weighted by Crippen LogP contribution is -2.38. The number of rotatable bonds is 7. The molecular formula is C20H23BrClN3O3S2. The Hall–Kier alpha value is -1.39. The van der Waals surface area contributed by atoms with Gasteiger partial charge in [-0.15, -0.1) is 23.7 Å². The lowest BCUT2D eigenvalue weighted by Gasteiger charge is -2.24. The second-order valence-corrected chi connectivity index (χ2v) is 10.0. The van der Waals surface area contributed by atoms with Crippen LogP contribution in [0, 0.1) is 0 Å². The fourth-order valence-corrected chi connectivity index (χ4v) is 5.53. The zero-order valence-corrected chi connectivity index (χ0v) is 20.8. The van der Waals surface area contributed by atoms with Crippen molar-refractivity contribution in [2.75, 3.05) is 44.3 Å². The standard InChI is InChI=1S/C20H22BrN3O3S2.ClH/c1-3-23(4-2)7-8-24(19(25)16-5-6-18(21)28-16)20-22-13-11-14-15(12-17(13)29-20)27-10-9-26-14;/h5-6,11-12H,3-4,7-10H2,1-2H3;1H. The number of ether oxygens (including phenoxy) is 2. The molecule has 0 unspecified atom stereocenters. The molecule has 1 aliphatic heterocycles. The van der Waals surface area contributed by atoms with Gasteiger partial charge in [0.2, 0.25) is 0 Å². The molecule has 1 aromatic carbocycles. The Morgan fingerprint density at radius 3 is 2.43 bits per heavy atom. The summed E-state index contributed by atoms with van der Waals surface area (Å²) in [5.74, 6) is 1.43. The molecule has 0 fully saturated rings. The molecule has 0 saturated carbocycles. The van der Waals surface area contributed by atoms with Crippen LogP contribution in [0.3, 0.4) is 0 Å². The molecule has 0 bridgehead atoms. The van der Waals surface area contributed by atoms with Gasteiger partial charge in [0.1, 0.15) is 13.2 Å². The highest BCUT2D eigenvalue weighted by molar-refractivity contribution is 9.11. The van der Waals surface area contributed by atoms with Crippen molar-refractivity contribution in [3.05, 3.63) is 32.9 Å². The van der Waals surface area contributed by atoms with E-state index in [0.29, 0.717) is 35.5 Å². The predicted molar refractivity (Wildman–Crippen MR) is 129 cm³/mol. The number of halogens is 2. The van der Waals surface area contributed by atoms with Crippen LogP contribution in [-0.4, -0.2) is 55.2 Å². The molecule has 0 aliphatic carbocycles. The third-order valence-corrected chi connectivity index (χ3v) is 7.49. The number of amides is 1. The van der Waals surface area contributed by atoms with Crippen molar-refractivity contribution in [1.29, 1.82) is 0 Å². The first-order valence-corrected chi connectivity index (χ1v) is 12.0. The quantitative estimate of drug-likeness (QED) is 0.413. The summed E-state index contributed by atoms with van der Waals surface area (Å²) in [5.41, 5.74) is 0.822. The predicted octanol–water partition coefficient (Wildman–Crippen LogP) is 5.30. The van der Waals surface area contributed by atoms with E-state index >= 15 is 0 Å². The maximum atomic E-state index is 13.3. The van der Waals surface area contributed by atoms with Crippen LogP contribution < -0.4 is 14.4 Å². The Labute approximate surface area is 198 Å². The Morgan fingerprint density at radius 1 is 1.10 bits per heavy atom. The summed E-state index contributed by atoms with van der Waals surface area (Å²) in [6, 6.07) is 7.62. The van der Waals surface area contributed by atoms with E-state index in [0.717, 1.165) is 39.4 Å². The average molecular weight is 533 g/mol. The maximum Gasteiger partial charge on any atom is 0.270 e. The lowest BCUT2D eigenvalue weighted by atomic mass is 10.3. The smallest absolute Gasteiger partial charge is 0.270 e. The second kappa shape index (κ2) is 10.3. The fraction of sp³-hybridized carbons (Fsp3) is 0.400. The van der Waals surface area contributed by atoms with Gasteiger partial charge in [-0.25, -0.2) is 4.98 Å². The van der Waals surface area contributed by atoms with E-state index in [1.54, 1.807) is 4.90 Å². The first-order chi connectivity index (χ1) is 14.1. The zero-order valence-electron chi connectivity index (χ0n) is 16.7. The van der Waals surface area contributed by atoms with Crippen LogP contribution >= 0.6 is 51.0 Å². The van der Waals surface area contributed by atoms with Crippen molar-refractivity contribution < 1.29 is 14.3 Å². The molecule has 2 aromatic heterocycles. The summed E-state index contributed by atoms with van der Waals surface area (Å²) in [7, 11) is 0. The third kappa shape index (κ3) is 4.91. The summed E-state index contributed by atoms with van der Waals surface area (Å²) in [6.07, 6.45) is 0. The number of likely N-dealkylation sites (N-methyl/N-ethyl adjacent to an activating group) is 1. The first-order valence-electron chi connectivity index (χ1n) is 9.58. The third-order valence-electron chi connectivity index (χ3n) is 4.84. The van der Waals surface area contributed by atoms with Gasteiger partial charge in [0, 0.05) is 25.2 Å². The number of hydrogen-bond acceptors (Lipinski definition) is 7. The summed E-state index contributed by atoms with van der Waals surface area (Å²) in [6.45, 7) is 8.63. The van der Waals surface area contributed by atoms with Crippen molar-refractivity contribution in [2.45, 2.75) is 13.8 Å². The van der Waals surface area contributed by atoms with Crippen LogP contribution in [-0.2, 0) is 0 Å². The van der Waals surface area contributed by atoms with Crippen LogP contribution in [0.5, 0.6) is 11.5 Å². The van der Waals surface area contributed by atoms with E-state index < -0.39 is 0 Å². The summed E-state index contributed by atoms with van der Waals surface area (Å²) < 4.78 is 13.3. The molecule has 1 aliphatic rings. The normalized spacial score (nSPS) is 12.8. The molecule has 0 radical (unpaired) electrons. The Kier molecular flexibility index (Phi) is 7.98. The number of anilines is 1. The SMILES string of the molecule is CCN(CC)CCN(C(=O)c1ccc(Br)s1)c1nc2cc3c(cc2s1)OCCO3.Cl. The van der Waals surface area contributed by atoms with Crippen LogP contribution in [0.25, 0.3) is 10.2 Å². The molecule has 3 aromatic rings. The van der Waals surface area contributed by atoms with Gasteiger partial charge >= 0.3 is 0 Å². The molecule has 4 rings (SSSR count). The minimum Gasteiger partial charge on any atom is -0.486 e. The first kappa shape index (κ1) is 23.3. The molecule has 162 valence electrons. The highest BCUT2D eigenvalue weighted by atomic mass is 79.9. The monoisotopic (exact) mass is 531 g/mol. The van der Waals surface area contributed by atoms with E-state index in [1.807, 2.05) is 24.3 Å². The van der Waals surface area contributed by atoms with Crippen LogP contribution in [0.2, 0.25) is 0 Å². The molecule has 1 amide bonds. The van der Waals surface area contributed by atoms with E-state index in [1.165, 1.54) is 22.7 Å². The molecule has 0 N–H and O–H groups in total. The second-order valence-electron chi connectivity index (χ2n) is 6.55. The minimum atomic E-state index is -0.0239. The highest BCUT2D eigenvalue weighted by Gasteiger charge is 2.24. The number of benzene rings is 1. The number of thiazole rings is 1. The number of fused-ring (bicyclic) bond motifs is 2. The fourth-order valence-electron chi connectivity index (χ4n) is 3.20. The van der Waals surface area contributed by atoms with Crippen molar-refractivity contribution in [3.8, 4) is 11.5 Å². The summed E-state index contributed by atoms with van der Waals surface area (Å²) >= 11 is 6.40. The molecule has 3 heterocycles. The molecule has 0 atom stereocenters. The van der Waals surface area contributed by atoms with Crippen molar-refractivity contribution in [2.24, 2.45) is 0 Å². The summed E-state index contributed by atoms with van der Waals surface area (Å²) in [5, 5.41) is 0.698. The molecule has 0 spiro atoms. The van der Waals surface area contributed by atoms with E-state index in [2.05, 4.69) is 34.7 Å². The van der Waals surface area contributed by atoms with E-state index in [-0.39, 0.29) is 18.3 Å². The number of aromatic nitrogens is 1. The van der Waals surface area contributed by atoms with Gasteiger partial charge in [0.25, 0.3) is 5.91 Å². The molecular weight excluding hydrogens is 510 g/mol. The van der Waals surface area contributed by atoms with Crippen LogP contribution in [0.15, 0.2) is 28.1 Å². The van der Waals surface area contributed by atoms with E-state index in [4.69, 9.17) is 14.5 Å². The average Bonchev–Trinajstić information content (AvgIpc) is 3.34. The summed E-state index contributed by atoms with van der Waals surface area (Å²) in [4.78, 5) is 22.9. The van der Waals surface area contributed by atoms with E-state index in [9.17, 15) is 4.79 Å². The zero-order chi connectivity index (χ0) is 20.4. The van der Waals surface area contributed by atoms with Gasteiger partial charge in [-0.3, -0.25) is 9.69 Å². The number of thiophene rings is 1. The maximum absolute atomic E-state index is 13.3. The Bertz CT molecular complexity index is 979. The number of carbonyl (C=O) groups is 1. The lowest BCUT2D eigenvalue weighted by molar-refractivity contribution is 0.0987. The van der Waals surface area contributed by atoms with Gasteiger partial charge in [-0.05, 0) is 41.2 Å². The van der Waals surface area contributed by atoms with Gasteiger partial charge < -0.3 is 14.4 Å². The largest absolute Gasteiger partial charge is 0.486 e. The van der Waals surface area contributed by atoms with Gasteiger partial charge in [-0.1, -0.05) is 25.2 Å². The Morgan fingerprint density at radius 2 is 1.80 bits per heavy atom. The van der Waals surface area contributed by atoms with Crippen LogP contribution in [0.1, 0.15) is 23.5 Å². The van der Waals surface area contributed by atoms with Gasteiger partial charge in [0.15, 0.2) is 16.6 Å². The van der Waals surface area contributed by atoms with Gasteiger partial charge in [-0.2, -0.15) is 0 Å². The topological polar surface area (TPSA) is 54.9 Å². The van der Waals surface area contributed by atoms with Gasteiger partial charge in [0.05, 0.1) is 18.9 Å². The minimum absolute atomic E-state index is 0. The number of hydrogen-bond donors (Lipinski definition) is 0. The molecule has 30 heavy (non-hydrogen) atoms. The van der Waals surface area contributed by atoms with Crippen molar-refractivity contribution >= 4 is 72.3 Å². The van der Waals surface area contributed by atoms with Crippen molar-refractivity contribution in [3.63, 3.8) is 0 Å². The van der Waals surface area contributed by atoms with Crippen molar-refractivity contribution in [1.82, 2.24) is 9.88 Å². The number of carbonyl (C=O) groups excluding carboxylic acids is 1.